The van der Waals surface area contributed by atoms with Gasteiger partial charge in [0.15, 0.2) is 17.3 Å². The van der Waals surface area contributed by atoms with Crippen molar-refractivity contribution in [2.45, 2.75) is 19.8 Å². The second-order valence-corrected chi connectivity index (χ2v) is 6.45. The average molecular weight is 393 g/mol. The molecule has 8 heteroatoms. The van der Waals surface area contributed by atoms with Gasteiger partial charge in [-0.2, -0.15) is 0 Å². The number of aromatic nitrogens is 2. The number of nitrogens with zero attached hydrogens (tertiary/aromatic N) is 3. The average Bonchev–Trinajstić information content (AvgIpc) is 2.61. The number of carbonyl (C=O) groups excluding carboxylic acids is 1. The van der Waals surface area contributed by atoms with Crippen LogP contribution in [0.5, 0.6) is 0 Å². The summed E-state index contributed by atoms with van der Waals surface area (Å²) in [7, 11) is 3.33. The molecule has 0 aliphatic heterocycles. The smallest absolute Gasteiger partial charge is 0.357 e. The van der Waals surface area contributed by atoms with Crippen LogP contribution in [0.1, 0.15) is 35.8 Å². The molecule has 0 radical (unpaired) electrons. The highest BCUT2D eigenvalue weighted by Gasteiger charge is 2.22. The number of nitrogen functional groups attached to an aromatic ring is 1. The van der Waals surface area contributed by atoms with Gasteiger partial charge in [-0.15, -0.1) is 0 Å². The summed E-state index contributed by atoms with van der Waals surface area (Å²) in [4.78, 5) is 22.3. The van der Waals surface area contributed by atoms with Crippen molar-refractivity contribution < 1.29 is 13.9 Å². The van der Waals surface area contributed by atoms with Gasteiger partial charge < -0.3 is 15.4 Å². The van der Waals surface area contributed by atoms with E-state index in [1.54, 1.807) is 19.0 Å². The number of rotatable bonds is 7. The predicted molar refractivity (Wildman–Crippen MR) is 106 cm³/mol. The third-order valence-corrected chi connectivity index (χ3v) is 4.16. The molecule has 0 bridgehead atoms. The molecule has 0 amide bonds. The molecule has 0 spiro atoms. The highest BCUT2D eigenvalue weighted by Crippen LogP contribution is 2.34. The van der Waals surface area contributed by atoms with E-state index in [1.165, 1.54) is 18.2 Å². The first-order valence-electron chi connectivity index (χ1n) is 8.44. The molecule has 0 aliphatic carbocycles. The second-order valence-electron chi connectivity index (χ2n) is 6.04. The maximum atomic E-state index is 15.0. The minimum atomic E-state index is -0.657. The van der Waals surface area contributed by atoms with Crippen LogP contribution in [0.3, 0.4) is 0 Å². The third-order valence-electron chi connectivity index (χ3n) is 3.86. The molecule has 2 N–H and O–H groups in total. The van der Waals surface area contributed by atoms with Crippen LogP contribution in [0, 0.1) is 5.82 Å². The number of esters is 1. The van der Waals surface area contributed by atoms with E-state index in [2.05, 4.69) is 16.5 Å². The number of carbonyl (C=O) groups is 1. The Morgan fingerprint density at radius 2 is 2.11 bits per heavy atom. The first kappa shape index (κ1) is 20.6. The van der Waals surface area contributed by atoms with E-state index in [0.29, 0.717) is 0 Å². The minimum absolute atomic E-state index is 0.0122. The fourth-order valence-electron chi connectivity index (χ4n) is 2.47. The number of hydrogen-bond donors (Lipinski definition) is 1. The van der Waals surface area contributed by atoms with Gasteiger partial charge in [0.05, 0.1) is 22.9 Å². The van der Waals surface area contributed by atoms with E-state index in [0.717, 1.165) is 12.8 Å². The normalized spacial score (nSPS) is 10.6. The number of hydrogen-bond acceptors (Lipinski definition) is 6. The van der Waals surface area contributed by atoms with Crippen LogP contribution in [-0.4, -0.2) is 36.6 Å². The predicted octanol–water partition coefficient (Wildman–Crippen LogP) is 4.18. The number of unbranched alkanes of at least 4 members (excludes halogenated alkanes) is 1. The lowest BCUT2D eigenvalue weighted by Gasteiger charge is -2.17. The molecule has 27 heavy (non-hydrogen) atoms. The SMILES string of the molecule is C=Cc1c(N)nc(-c2ccc(Cl)c(N(C)C)c2F)nc1C(=O)OCCCC. The highest BCUT2D eigenvalue weighted by molar-refractivity contribution is 6.33. The first-order valence-corrected chi connectivity index (χ1v) is 8.82. The summed E-state index contributed by atoms with van der Waals surface area (Å²) in [5, 5.41) is 0.246. The van der Waals surface area contributed by atoms with Gasteiger partial charge in [-0.1, -0.05) is 37.6 Å². The Balaban J connectivity index is 2.58. The zero-order valence-corrected chi connectivity index (χ0v) is 16.3. The van der Waals surface area contributed by atoms with Crippen LogP contribution in [0.4, 0.5) is 15.9 Å². The van der Waals surface area contributed by atoms with E-state index in [1.807, 2.05) is 6.92 Å². The summed E-state index contributed by atoms with van der Waals surface area (Å²) in [6.45, 7) is 5.87. The van der Waals surface area contributed by atoms with Gasteiger partial charge >= 0.3 is 5.97 Å². The molecule has 0 saturated heterocycles. The molecule has 1 aromatic heterocycles. The van der Waals surface area contributed by atoms with Gasteiger partial charge in [0.25, 0.3) is 0 Å². The number of benzene rings is 1. The maximum absolute atomic E-state index is 15.0. The van der Waals surface area contributed by atoms with E-state index in [4.69, 9.17) is 22.1 Å². The zero-order valence-electron chi connectivity index (χ0n) is 15.6. The maximum Gasteiger partial charge on any atom is 0.357 e. The van der Waals surface area contributed by atoms with Crippen molar-refractivity contribution in [2.75, 3.05) is 31.3 Å². The molecule has 1 heterocycles. The van der Waals surface area contributed by atoms with Crippen LogP contribution in [0.25, 0.3) is 17.5 Å². The Kier molecular flexibility index (Phi) is 6.74. The van der Waals surface area contributed by atoms with Gasteiger partial charge in [0.1, 0.15) is 5.82 Å². The quantitative estimate of drug-likeness (QED) is 0.562. The second kappa shape index (κ2) is 8.81. The number of ether oxygens (including phenoxy) is 1. The number of nitrogens with two attached hydrogens (primary N) is 1. The van der Waals surface area contributed by atoms with Gasteiger partial charge in [-0.05, 0) is 18.6 Å². The first-order chi connectivity index (χ1) is 12.8. The molecule has 0 fully saturated rings. The van der Waals surface area contributed by atoms with Crippen LogP contribution in [-0.2, 0) is 4.74 Å². The summed E-state index contributed by atoms with van der Waals surface area (Å²) in [5.41, 5.74) is 6.42. The molecule has 6 nitrogen and oxygen atoms in total. The Morgan fingerprint density at radius 3 is 2.70 bits per heavy atom. The third kappa shape index (κ3) is 4.36. The van der Waals surface area contributed by atoms with E-state index >= 15 is 0 Å². The van der Waals surface area contributed by atoms with Crippen LogP contribution in [0.2, 0.25) is 5.02 Å². The molecular weight excluding hydrogens is 371 g/mol. The van der Waals surface area contributed by atoms with Crippen molar-refractivity contribution in [1.29, 1.82) is 0 Å². The Morgan fingerprint density at radius 1 is 1.41 bits per heavy atom. The van der Waals surface area contributed by atoms with Crippen LogP contribution < -0.4 is 10.6 Å². The largest absolute Gasteiger partial charge is 0.461 e. The van der Waals surface area contributed by atoms with Gasteiger partial charge in [-0.3, -0.25) is 0 Å². The monoisotopic (exact) mass is 392 g/mol. The molecule has 2 aromatic rings. The number of halogens is 2. The summed E-state index contributed by atoms with van der Waals surface area (Å²) >= 11 is 6.08. The molecule has 0 saturated carbocycles. The standard InChI is InChI=1S/C19H22ClFN4O2/c1-5-7-10-27-19(26)15-11(6-2)17(22)24-18(23-15)12-8-9-13(20)16(14(12)21)25(3)4/h6,8-9H,2,5,7,10H2,1,3-4H3,(H2,22,23,24). The minimum Gasteiger partial charge on any atom is -0.461 e. The Hall–Kier alpha value is -2.67. The summed E-state index contributed by atoms with van der Waals surface area (Å²) in [5.74, 6) is -1.28. The van der Waals surface area contributed by atoms with E-state index in [-0.39, 0.29) is 45.8 Å². The van der Waals surface area contributed by atoms with Crippen LogP contribution in [0.15, 0.2) is 18.7 Å². The van der Waals surface area contributed by atoms with E-state index < -0.39 is 11.8 Å². The Labute approximate surface area is 162 Å². The molecule has 0 aliphatic rings. The topological polar surface area (TPSA) is 81.3 Å². The van der Waals surface area contributed by atoms with E-state index in [9.17, 15) is 9.18 Å². The summed E-state index contributed by atoms with van der Waals surface area (Å²) < 4.78 is 20.2. The molecule has 1 aromatic carbocycles. The van der Waals surface area contributed by atoms with Gasteiger partial charge in [-0.25, -0.2) is 19.2 Å². The lowest BCUT2D eigenvalue weighted by Crippen LogP contribution is -2.15. The lowest BCUT2D eigenvalue weighted by atomic mass is 10.1. The number of anilines is 2. The fourth-order valence-corrected chi connectivity index (χ4v) is 2.78. The lowest BCUT2D eigenvalue weighted by molar-refractivity contribution is 0.0492. The van der Waals surface area contributed by atoms with Crippen molar-refractivity contribution in [1.82, 2.24) is 9.97 Å². The van der Waals surface area contributed by atoms with Crippen molar-refractivity contribution in [3.05, 3.63) is 40.8 Å². The highest BCUT2D eigenvalue weighted by atomic mass is 35.5. The summed E-state index contributed by atoms with van der Waals surface area (Å²) in [6, 6.07) is 2.98. The molecule has 0 unspecified atom stereocenters. The molecular formula is C19H22ClFN4O2. The van der Waals surface area contributed by atoms with Gasteiger partial charge in [0.2, 0.25) is 0 Å². The zero-order chi connectivity index (χ0) is 20.1. The van der Waals surface area contributed by atoms with Crippen LogP contribution >= 0.6 is 11.6 Å². The molecule has 144 valence electrons. The fraction of sp³-hybridized carbons (Fsp3) is 0.316. The molecule has 2 rings (SSSR count). The van der Waals surface area contributed by atoms with Gasteiger partial charge in [0, 0.05) is 19.7 Å². The Bertz CT molecular complexity index is 871. The summed E-state index contributed by atoms with van der Waals surface area (Å²) in [6.07, 6.45) is 2.97. The van der Waals surface area contributed by atoms with Crippen molar-refractivity contribution in [3.63, 3.8) is 0 Å². The van der Waals surface area contributed by atoms with Crippen molar-refractivity contribution >= 4 is 35.2 Å². The van der Waals surface area contributed by atoms with Crippen molar-refractivity contribution in [3.8, 4) is 11.4 Å². The van der Waals surface area contributed by atoms with Crippen molar-refractivity contribution in [2.24, 2.45) is 0 Å². The molecule has 0 atom stereocenters.